The number of rotatable bonds is 8. The molecule has 0 unspecified atom stereocenters. The zero-order chi connectivity index (χ0) is 14.5. The fourth-order valence-corrected chi connectivity index (χ4v) is 4.59. The van der Waals surface area contributed by atoms with Crippen LogP contribution in [0.5, 0.6) is 0 Å². The third-order valence-corrected chi connectivity index (χ3v) is 5.89. The molecule has 110 valence electrons. The first-order valence-corrected chi connectivity index (χ1v) is 8.89. The number of halogens is 1. The molecule has 4 nitrogen and oxygen atoms in total. The van der Waals surface area contributed by atoms with Crippen LogP contribution >= 0.6 is 22.9 Å². The minimum atomic E-state index is -3.45. The van der Waals surface area contributed by atoms with Crippen LogP contribution in [0.4, 0.5) is 0 Å². The molecule has 1 aromatic heterocycles. The number of methoxy groups -OCH3 is 1. The maximum absolute atomic E-state index is 12.5. The average molecular weight is 326 g/mol. The van der Waals surface area contributed by atoms with Crippen molar-refractivity contribution in [2.75, 3.05) is 26.8 Å². The van der Waals surface area contributed by atoms with Crippen LogP contribution in [-0.2, 0) is 20.6 Å². The summed E-state index contributed by atoms with van der Waals surface area (Å²) in [7, 11) is -1.89. The Morgan fingerprint density at radius 3 is 2.63 bits per heavy atom. The summed E-state index contributed by atoms with van der Waals surface area (Å²) in [5.74, 6) is 0.598. The van der Waals surface area contributed by atoms with Gasteiger partial charge < -0.3 is 4.74 Å². The number of hydrogen-bond acceptors (Lipinski definition) is 4. The number of thiophene rings is 1. The number of sulfonamides is 1. The quantitative estimate of drug-likeness (QED) is 0.690. The van der Waals surface area contributed by atoms with E-state index in [9.17, 15) is 8.42 Å². The molecule has 0 amide bonds. The minimum absolute atomic E-state index is 0.262. The summed E-state index contributed by atoms with van der Waals surface area (Å²) >= 11 is 7.09. The smallest absolute Gasteiger partial charge is 0.243 e. The summed E-state index contributed by atoms with van der Waals surface area (Å²) in [5.41, 5.74) is 0. The number of ether oxygens (including phenoxy) is 1. The molecule has 0 aliphatic rings. The highest BCUT2D eigenvalue weighted by Gasteiger charge is 2.25. The van der Waals surface area contributed by atoms with E-state index in [0.29, 0.717) is 30.5 Å². The first-order chi connectivity index (χ1) is 8.91. The molecule has 0 atom stereocenters. The van der Waals surface area contributed by atoms with Gasteiger partial charge in [-0.3, -0.25) is 0 Å². The van der Waals surface area contributed by atoms with Crippen molar-refractivity contribution >= 4 is 33.0 Å². The van der Waals surface area contributed by atoms with Crippen molar-refractivity contribution in [3.63, 3.8) is 0 Å². The van der Waals surface area contributed by atoms with Gasteiger partial charge >= 0.3 is 0 Å². The van der Waals surface area contributed by atoms with Crippen molar-refractivity contribution < 1.29 is 13.2 Å². The molecule has 0 aliphatic heterocycles. The first kappa shape index (κ1) is 16.9. The van der Waals surface area contributed by atoms with Crippen LogP contribution in [0.25, 0.3) is 0 Å². The zero-order valence-corrected chi connectivity index (χ0v) is 13.8. The predicted octanol–water partition coefficient (Wildman–Crippen LogP) is 2.78. The van der Waals surface area contributed by atoms with Crippen molar-refractivity contribution in [3.05, 3.63) is 16.3 Å². The fourth-order valence-electron chi connectivity index (χ4n) is 1.62. The van der Waals surface area contributed by atoms with E-state index in [-0.39, 0.29) is 5.92 Å². The van der Waals surface area contributed by atoms with E-state index in [4.69, 9.17) is 16.3 Å². The SMILES string of the molecule is COCCN(CC(C)C)S(=O)(=O)c1csc(CCl)c1. The normalized spacial score (nSPS) is 12.5. The Hall–Kier alpha value is -0.140. The van der Waals surface area contributed by atoms with E-state index < -0.39 is 10.0 Å². The summed E-state index contributed by atoms with van der Waals surface area (Å²) in [6.07, 6.45) is 0. The van der Waals surface area contributed by atoms with Gasteiger partial charge in [-0.25, -0.2) is 8.42 Å². The molecule has 0 N–H and O–H groups in total. The Bertz CT molecular complexity index is 485. The van der Waals surface area contributed by atoms with E-state index in [1.165, 1.54) is 15.6 Å². The molecule has 1 aromatic rings. The van der Waals surface area contributed by atoms with Crippen molar-refractivity contribution in [3.8, 4) is 0 Å². The van der Waals surface area contributed by atoms with Crippen LogP contribution in [-0.4, -0.2) is 39.5 Å². The first-order valence-electron chi connectivity index (χ1n) is 6.04. The van der Waals surface area contributed by atoms with Crippen LogP contribution in [0.3, 0.4) is 0 Å². The maximum Gasteiger partial charge on any atom is 0.243 e. The van der Waals surface area contributed by atoms with Crippen molar-refractivity contribution in [2.45, 2.75) is 24.6 Å². The van der Waals surface area contributed by atoms with Gasteiger partial charge in [0.05, 0.1) is 17.4 Å². The molecule has 0 radical (unpaired) electrons. The van der Waals surface area contributed by atoms with Gasteiger partial charge in [0, 0.05) is 30.5 Å². The van der Waals surface area contributed by atoms with Crippen molar-refractivity contribution in [1.82, 2.24) is 4.31 Å². The molecule has 1 heterocycles. The Morgan fingerprint density at radius 1 is 1.47 bits per heavy atom. The molecule has 0 spiro atoms. The largest absolute Gasteiger partial charge is 0.383 e. The molecule has 0 fully saturated rings. The van der Waals surface area contributed by atoms with Crippen molar-refractivity contribution in [1.29, 1.82) is 0 Å². The molecule has 0 bridgehead atoms. The van der Waals surface area contributed by atoms with Gasteiger partial charge in [-0.1, -0.05) is 13.8 Å². The van der Waals surface area contributed by atoms with Gasteiger partial charge in [0.25, 0.3) is 0 Å². The highest BCUT2D eigenvalue weighted by Crippen LogP contribution is 2.24. The maximum atomic E-state index is 12.5. The van der Waals surface area contributed by atoms with Gasteiger partial charge in [0.2, 0.25) is 10.0 Å². The average Bonchev–Trinajstić information content (AvgIpc) is 2.83. The summed E-state index contributed by atoms with van der Waals surface area (Å²) in [6, 6.07) is 1.65. The number of alkyl halides is 1. The van der Waals surface area contributed by atoms with Gasteiger partial charge in [-0.15, -0.1) is 22.9 Å². The monoisotopic (exact) mass is 325 g/mol. The molecular weight excluding hydrogens is 306 g/mol. The second-order valence-electron chi connectivity index (χ2n) is 4.63. The topological polar surface area (TPSA) is 46.6 Å². The van der Waals surface area contributed by atoms with E-state index in [2.05, 4.69) is 0 Å². The van der Waals surface area contributed by atoms with Crippen LogP contribution in [0.1, 0.15) is 18.7 Å². The highest BCUT2D eigenvalue weighted by atomic mass is 35.5. The molecule has 1 rings (SSSR count). The van der Waals surface area contributed by atoms with Crippen LogP contribution in [0, 0.1) is 5.92 Å². The molecule has 19 heavy (non-hydrogen) atoms. The third kappa shape index (κ3) is 4.72. The fraction of sp³-hybridized carbons (Fsp3) is 0.667. The van der Waals surface area contributed by atoms with E-state index >= 15 is 0 Å². The summed E-state index contributed by atoms with van der Waals surface area (Å²) in [5, 5.41) is 1.65. The van der Waals surface area contributed by atoms with E-state index in [1.807, 2.05) is 13.8 Å². The Balaban J connectivity index is 2.96. The van der Waals surface area contributed by atoms with Gasteiger partial charge in [-0.05, 0) is 12.0 Å². The minimum Gasteiger partial charge on any atom is -0.383 e. The summed E-state index contributed by atoms with van der Waals surface area (Å²) in [4.78, 5) is 1.18. The Kier molecular flexibility index (Phi) is 6.76. The Labute approximate surface area is 124 Å². The van der Waals surface area contributed by atoms with Gasteiger partial charge in [0.15, 0.2) is 0 Å². The van der Waals surface area contributed by atoms with E-state index in [0.717, 1.165) is 4.88 Å². The van der Waals surface area contributed by atoms with E-state index in [1.54, 1.807) is 18.6 Å². The molecular formula is C12H20ClNO3S2. The van der Waals surface area contributed by atoms with Crippen molar-refractivity contribution in [2.24, 2.45) is 5.92 Å². The Morgan fingerprint density at radius 2 is 2.16 bits per heavy atom. The molecule has 0 saturated carbocycles. The number of nitrogens with zero attached hydrogens (tertiary/aromatic N) is 1. The lowest BCUT2D eigenvalue weighted by Gasteiger charge is -2.23. The third-order valence-electron chi connectivity index (χ3n) is 2.51. The van der Waals surface area contributed by atoms with Crippen LogP contribution < -0.4 is 0 Å². The van der Waals surface area contributed by atoms with Crippen LogP contribution in [0.15, 0.2) is 16.3 Å². The molecule has 0 saturated heterocycles. The van der Waals surface area contributed by atoms with Crippen LogP contribution in [0.2, 0.25) is 0 Å². The van der Waals surface area contributed by atoms with Gasteiger partial charge in [-0.2, -0.15) is 4.31 Å². The second kappa shape index (κ2) is 7.59. The van der Waals surface area contributed by atoms with Gasteiger partial charge in [0.1, 0.15) is 0 Å². The summed E-state index contributed by atoms with van der Waals surface area (Å²) in [6.45, 7) is 5.22. The lowest BCUT2D eigenvalue weighted by molar-refractivity contribution is 0.175. The zero-order valence-electron chi connectivity index (χ0n) is 11.4. The highest BCUT2D eigenvalue weighted by molar-refractivity contribution is 7.89. The lowest BCUT2D eigenvalue weighted by atomic mass is 10.2. The predicted molar refractivity (Wildman–Crippen MR) is 79.3 cm³/mol. The molecule has 7 heteroatoms. The molecule has 0 aromatic carbocycles. The second-order valence-corrected chi connectivity index (χ2v) is 7.83. The molecule has 0 aliphatic carbocycles. The number of hydrogen-bond donors (Lipinski definition) is 0. The lowest BCUT2D eigenvalue weighted by Crippen LogP contribution is -2.36. The summed E-state index contributed by atoms with van der Waals surface area (Å²) < 4.78 is 31.5. The standard InChI is InChI=1S/C12H20ClNO3S2/c1-10(2)8-14(4-5-17-3)19(15,16)12-6-11(7-13)18-9-12/h6,9-10H,4-5,7-8H2,1-3H3.